The molecule has 0 aliphatic rings. The van der Waals surface area contributed by atoms with E-state index in [1.54, 1.807) is 0 Å². The molecule has 0 fully saturated rings. The molecule has 10 aromatic rings. The van der Waals surface area contributed by atoms with Gasteiger partial charge in [0.25, 0.3) is 0 Å². The molecule has 0 aliphatic heterocycles. The summed E-state index contributed by atoms with van der Waals surface area (Å²) >= 11 is 1.86. The molecule has 0 atom stereocenters. The van der Waals surface area contributed by atoms with Gasteiger partial charge in [-0.3, -0.25) is 0 Å². The molecule has 0 saturated heterocycles. The molecular formula is C48H32N2S. The number of rotatable bonds is 6. The van der Waals surface area contributed by atoms with Crippen LogP contribution in [0, 0.1) is 0 Å². The second-order valence-electron chi connectivity index (χ2n) is 13.0. The van der Waals surface area contributed by atoms with E-state index in [1.807, 2.05) is 11.3 Å². The molecule has 0 spiro atoms. The molecule has 3 heteroatoms. The zero-order valence-electron chi connectivity index (χ0n) is 27.8. The summed E-state index contributed by atoms with van der Waals surface area (Å²) in [6.07, 6.45) is 0. The lowest BCUT2D eigenvalue weighted by atomic mass is 10.0. The van der Waals surface area contributed by atoms with Crippen LogP contribution in [-0.4, -0.2) is 4.57 Å². The summed E-state index contributed by atoms with van der Waals surface area (Å²) in [5.74, 6) is 0. The van der Waals surface area contributed by atoms with E-state index in [0.717, 1.165) is 22.7 Å². The van der Waals surface area contributed by atoms with Crippen LogP contribution >= 0.6 is 11.3 Å². The van der Waals surface area contributed by atoms with Gasteiger partial charge < -0.3 is 9.47 Å². The Morgan fingerprint density at radius 1 is 0.333 bits per heavy atom. The largest absolute Gasteiger partial charge is 0.310 e. The van der Waals surface area contributed by atoms with Crippen LogP contribution in [0.2, 0.25) is 0 Å². The van der Waals surface area contributed by atoms with Crippen LogP contribution in [0.3, 0.4) is 0 Å². The number of anilines is 3. The highest BCUT2D eigenvalue weighted by Crippen LogP contribution is 2.41. The monoisotopic (exact) mass is 668 g/mol. The summed E-state index contributed by atoms with van der Waals surface area (Å²) in [7, 11) is 0. The van der Waals surface area contributed by atoms with Crippen LogP contribution < -0.4 is 4.90 Å². The third-order valence-electron chi connectivity index (χ3n) is 10.00. The van der Waals surface area contributed by atoms with Gasteiger partial charge in [-0.15, -0.1) is 11.3 Å². The van der Waals surface area contributed by atoms with E-state index in [0.29, 0.717) is 0 Å². The molecule has 10 rings (SSSR count). The van der Waals surface area contributed by atoms with Crippen molar-refractivity contribution in [2.24, 2.45) is 0 Å². The van der Waals surface area contributed by atoms with Gasteiger partial charge in [-0.05, 0) is 95.1 Å². The van der Waals surface area contributed by atoms with Crippen LogP contribution in [0.15, 0.2) is 194 Å². The number of thiophene rings is 1. The van der Waals surface area contributed by atoms with Crippen LogP contribution in [0.4, 0.5) is 17.1 Å². The molecule has 0 radical (unpaired) electrons. The van der Waals surface area contributed by atoms with E-state index in [2.05, 4.69) is 204 Å². The van der Waals surface area contributed by atoms with E-state index >= 15 is 0 Å². The number of nitrogens with zero attached hydrogens (tertiary/aromatic N) is 2. The highest BCUT2D eigenvalue weighted by molar-refractivity contribution is 7.25. The van der Waals surface area contributed by atoms with Crippen molar-refractivity contribution in [3.05, 3.63) is 194 Å². The maximum Gasteiger partial charge on any atom is 0.0561 e. The summed E-state index contributed by atoms with van der Waals surface area (Å²) < 4.78 is 5.04. The van der Waals surface area contributed by atoms with Crippen LogP contribution in [0.1, 0.15) is 0 Å². The molecule has 0 N–H and O–H groups in total. The van der Waals surface area contributed by atoms with Crippen molar-refractivity contribution >= 4 is 70.4 Å². The summed E-state index contributed by atoms with van der Waals surface area (Å²) in [6.45, 7) is 0. The highest BCUT2D eigenvalue weighted by Gasteiger charge is 2.18. The second-order valence-corrected chi connectivity index (χ2v) is 14.1. The van der Waals surface area contributed by atoms with Gasteiger partial charge in [0.05, 0.1) is 11.0 Å². The van der Waals surface area contributed by atoms with Gasteiger partial charge in [-0.25, -0.2) is 0 Å². The third kappa shape index (κ3) is 5.10. The number of para-hydroxylation sites is 2. The van der Waals surface area contributed by atoms with Gasteiger partial charge in [0.2, 0.25) is 0 Å². The SMILES string of the molecule is c1ccc(-c2ccc(N(c3ccc(-c4ccc5sc6ccccc6c5c4)cc3)c3ccc4c5ccccc5n(-c5ccccc5)c4c3)cc2)cc1. The standard InChI is InChI=1S/C48H32N2S/c1-3-11-33(12-4-1)34-19-24-38(25-20-34)49(39-26-21-35(22-27-39)36-23-30-48-44(31-36)43-16-8-10-18-47(43)51-48)40-28-29-42-41-15-7-9-17-45(41)50(46(42)32-40)37-13-5-2-6-14-37/h1-32H. The quantitative estimate of drug-likeness (QED) is 0.171. The topological polar surface area (TPSA) is 8.17 Å². The van der Waals surface area contributed by atoms with E-state index < -0.39 is 0 Å². The van der Waals surface area contributed by atoms with Crippen LogP contribution in [0.5, 0.6) is 0 Å². The van der Waals surface area contributed by atoms with Gasteiger partial charge >= 0.3 is 0 Å². The van der Waals surface area contributed by atoms with Crippen molar-refractivity contribution < 1.29 is 0 Å². The molecule has 2 aromatic heterocycles. The van der Waals surface area contributed by atoms with Crippen LogP contribution in [-0.2, 0) is 0 Å². The number of fused-ring (bicyclic) bond motifs is 6. The van der Waals surface area contributed by atoms with Crippen molar-refractivity contribution in [3.63, 3.8) is 0 Å². The molecule has 8 aromatic carbocycles. The minimum Gasteiger partial charge on any atom is -0.310 e. The summed E-state index contributed by atoms with van der Waals surface area (Å²) in [5, 5.41) is 5.13. The van der Waals surface area contributed by atoms with Crippen LogP contribution in [0.25, 0.3) is 69.9 Å². The average Bonchev–Trinajstić information content (AvgIpc) is 3.74. The Hall–Kier alpha value is -6.42. The lowest BCUT2D eigenvalue weighted by Gasteiger charge is -2.26. The number of hydrogen-bond acceptors (Lipinski definition) is 2. The Bertz CT molecular complexity index is 2830. The van der Waals surface area contributed by atoms with Gasteiger partial charge in [-0.2, -0.15) is 0 Å². The maximum atomic E-state index is 2.39. The molecule has 51 heavy (non-hydrogen) atoms. The van der Waals surface area contributed by atoms with Crippen molar-refractivity contribution in [1.82, 2.24) is 4.57 Å². The number of aromatic nitrogens is 1. The Morgan fingerprint density at radius 2 is 0.863 bits per heavy atom. The van der Waals surface area contributed by atoms with E-state index in [-0.39, 0.29) is 0 Å². The Labute approximate surface area is 300 Å². The zero-order chi connectivity index (χ0) is 33.7. The number of hydrogen-bond donors (Lipinski definition) is 0. The fourth-order valence-electron chi connectivity index (χ4n) is 7.54. The lowest BCUT2D eigenvalue weighted by Crippen LogP contribution is -2.10. The fraction of sp³-hybridized carbons (Fsp3) is 0. The van der Waals surface area contributed by atoms with Gasteiger partial charge in [0.15, 0.2) is 0 Å². The predicted molar refractivity (Wildman–Crippen MR) is 219 cm³/mol. The smallest absolute Gasteiger partial charge is 0.0561 e. The molecular weight excluding hydrogens is 637 g/mol. The molecule has 0 bridgehead atoms. The first-order chi connectivity index (χ1) is 25.3. The van der Waals surface area contributed by atoms with E-state index in [9.17, 15) is 0 Å². The Balaban J connectivity index is 1.12. The van der Waals surface area contributed by atoms with E-state index in [4.69, 9.17) is 0 Å². The lowest BCUT2D eigenvalue weighted by molar-refractivity contribution is 1.18. The first-order valence-electron chi connectivity index (χ1n) is 17.3. The predicted octanol–water partition coefficient (Wildman–Crippen LogP) is 14.0. The minimum atomic E-state index is 1.11. The molecule has 0 saturated carbocycles. The molecule has 0 aliphatic carbocycles. The third-order valence-corrected chi connectivity index (χ3v) is 11.1. The average molecular weight is 669 g/mol. The maximum absolute atomic E-state index is 2.39. The molecule has 2 nitrogen and oxygen atoms in total. The van der Waals surface area contributed by atoms with Crippen molar-refractivity contribution in [1.29, 1.82) is 0 Å². The number of benzene rings is 8. The minimum absolute atomic E-state index is 1.11. The first-order valence-corrected chi connectivity index (χ1v) is 18.2. The second kappa shape index (κ2) is 12.2. The summed E-state index contributed by atoms with van der Waals surface area (Å²) in [6, 6.07) is 70.4. The summed E-state index contributed by atoms with van der Waals surface area (Å²) in [4.78, 5) is 2.38. The molecule has 240 valence electrons. The Morgan fingerprint density at radius 3 is 1.61 bits per heavy atom. The molecule has 0 unspecified atom stereocenters. The zero-order valence-corrected chi connectivity index (χ0v) is 28.6. The van der Waals surface area contributed by atoms with Crippen molar-refractivity contribution in [2.45, 2.75) is 0 Å². The normalized spacial score (nSPS) is 11.5. The fourth-order valence-corrected chi connectivity index (χ4v) is 8.63. The van der Waals surface area contributed by atoms with Crippen molar-refractivity contribution in [2.75, 3.05) is 4.90 Å². The molecule has 2 heterocycles. The van der Waals surface area contributed by atoms with Gasteiger partial charge in [0.1, 0.15) is 0 Å². The highest BCUT2D eigenvalue weighted by atomic mass is 32.1. The van der Waals surface area contributed by atoms with Crippen molar-refractivity contribution in [3.8, 4) is 27.9 Å². The molecule has 0 amide bonds. The Kier molecular flexibility index (Phi) is 7.04. The van der Waals surface area contributed by atoms with Gasteiger partial charge in [0, 0.05) is 53.7 Å². The van der Waals surface area contributed by atoms with Gasteiger partial charge in [-0.1, -0.05) is 121 Å². The van der Waals surface area contributed by atoms with E-state index in [1.165, 1.54) is 64.2 Å². The first kappa shape index (κ1) is 29.5. The summed E-state index contributed by atoms with van der Waals surface area (Å²) in [5.41, 5.74) is 11.7.